The van der Waals surface area contributed by atoms with Gasteiger partial charge in [-0.3, -0.25) is 14.2 Å². The second-order valence-corrected chi connectivity index (χ2v) is 7.06. The first kappa shape index (κ1) is 20.6. The van der Waals surface area contributed by atoms with Crippen LogP contribution in [0.1, 0.15) is 33.3 Å². The third kappa shape index (κ3) is 4.48. The summed E-state index contributed by atoms with van der Waals surface area (Å²) in [6.45, 7) is 4.21. The van der Waals surface area contributed by atoms with E-state index in [4.69, 9.17) is 0 Å². The molecule has 2 N–H and O–H groups in total. The van der Waals surface area contributed by atoms with Gasteiger partial charge in [0.1, 0.15) is 11.5 Å². The molecule has 1 heterocycles. The van der Waals surface area contributed by atoms with Crippen molar-refractivity contribution in [2.24, 2.45) is 0 Å². The van der Waals surface area contributed by atoms with Crippen molar-refractivity contribution in [3.63, 3.8) is 0 Å². The number of hydrogen-bond acceptors (Lipinski definition) is 4. The SMILES string of the molecule is CCNC(=O)c1ccc(C)c(NC(=O)c2cnc(SC)n2-c2ccc(F)cc2)c1. The Hall–Kier alpha value is -3.13. The summed E-state index contributed by atoms with van der Waals surface area (Å²) >= 11 is 1.38. The van der Waals surface area contributed by atoms with Gasteiger partial charge in [-0.1, -0.05) is 17.8 Å². The van der Waals surface area contributed by atoms with Crippen LogP contribution in [0, 0.1) is 12.7 Å². The van der Waals surface area contributed by atoms with Crippen LogP contribution in [0.4, 0.5) is 10.1 Å². The molecule has 0 radical (unpaired) electrons. The van der Waals surface area contributed by atoms with Crippen LogP contribution in [0.25, 0.3) is 5.69 Å². The Kier molecular flexibility index (Phi) is 6.33. The van der Waals surface area contributed by atoms with Gasteiger partial charge in [0.25, 0.3) is 11.8 Å². The Morgan fingerprint density at radius 3 is 2.52 bits per heavy atom. The van der Waals surface area contributed by atoms with E-state index in [2.05, 4.69) is 15.6 Å². The predicted octanol–water partition coefficient (Wildman–Crippen LogP) is 4.04. The van der Waals surface area contributed by atoms with E-state index < -0.39 is 0 Å². The second-order valence-electron chi connectivity index (χ2n) is 6.29. The topological polar surface area (TPSA) is 76.0 Å². The van der Waals surface area contributed by atoms with Gasteiger partial charge in [-0.05, 0) is 62.1 Å². The van der Waals surface area contributed by atoms with Crippen molar-refractivity contribution >= 4 is 29.3 Å². The molecule has 29 heavy (non-hydrogen) atoms. The minimum Gasteiger partial charge on any atom is -0.352 e. The minimum atomic E-state index is -0.377. The lowest BCUT2D eigenvalue weighted by molar-refractivity contribution is 0.0954. The number of thioether (sulfide) groups is 1. The molecule has 2 amide bonds. The van der Waals surface area contributed by atoms with E-state index in [1.807, 2.05) is 20.1 Å². The van der Waals surface area contributed by atoms with Gasteiger partial charge < -0.3 is 10.6 Å². The Morgan fingerprint density at radius 2 is 1.86 bits per heavy atom. The average molecular weight is 412 g/mol. The number of aromatic nitrogens is 2. The van der Waals surface area contributed by atoms with E-state index >= 15 is 0 Å². The zero-order valence-corrected chi connectivity index (χ0v) is 17.1. The molecular weight excluding hydrogens is 391 g/mol. The number of rotatable bonds is 6. The maximum absolute atomic E-state index is 13.3. The minimum absolute atomic E-state index is 0.205. The highest BCUT2D eigenvalue weighted by Gasteiger charge is 2.19. The Morgan fingerprint density at radius 1 is 1.14 bits per heavy atom. The Labute approximate surface area is 172 Å². The molecular formula is C21H21FN4O2S. The summed E-state index contributed by atoms with van der Waals surface area (Å²) in [6.07, 6.45) is 3.33. The van der Waals surface area contributed by atoms with Crippen LogP contribution in [-0.4, -0.2) is 34.2 Å². The fourth-order valence-corrected chi connectivity index (χ4v) is 3.37. The molecule has 150 valence electrons. The van der Waals surface area contributed by atoms with E-state index in [1.54, 1.807) is 34.9 Å². The van der Waals surface area contributed by atoms with Crippen molar-refractivity contribution < 1.29 is 14.0 Å². The van der Waals surface area contributed by atoms with Crippen LogP contribution in [-0.2, 0) is 0 Å². The monoisotopic (exact) mass is 412 g/mol. The number of carbonyl (C=O) groups is 2. The molecule has 2 aromatic carbocycles. The van der Waals surface area contributed by atoms with Crippen molar-refractivity contribution in [2.45, 2.75) is 19.0 Å². The third-order valence-electron chi connectivity index (χ3n) is 4.31. The Balaban J connectivity index is 1.94. The lowest BCUT2D eigenvalue weighted by Crippen LogP contribution is -2.23. The summed E-state index contributed by atoms with van der Waals surface area (Å²) in [5.74, 6) is -0.939. The molecule has 0 atom stereocenters. The first-order chi connectivity index (χ1) is 13.9. The molecule has 0 saturated carbocycles. The van der Waals surface area contributed by atoms with E-state index in [9.17, 15) is 14.0 Å². The van der Waals surface area contributed by atoms with Crippen LogP contribution >= 0.6 is 11.8 Å². The number of nitrogens with one attached hydrogen (secondary N) is 2. The lowest BCUT2D eigenvalue weighted by Gasteiger charge is -2.13. The third-order valence-corrected chi connectivity index (χ3v) is 4.97. The van der Waals surface area contributed by atoms with Crippen LogP contribution in [0.15, 0.2) is 53.8 Å². The first-order valence-electron chi connectivity index (χ1n) is 9.02. The number of imidazole rings is 1. The van der Waals surface area contributed by atoms with E-state index in [-0.39, 0.29) is 17.6 Å². The van der Waals surface area contributed by atoms with Crippen molar-refractivity contribution in [3.8, 4) is 5.69 Å². The standard InChI is InChI=1S/C21H21FN4O2S/c1-4-23-19(27)14-6-5-13(2)17(11-14)25-20(28)18-12-24-21(29-3)26(18)16-9-7-15(22)8-10-16/h5-12H,4H2,1-3H3,(H,23,27)(H,25,28). The van der Waals surface area contributed by atoms with Gasteiger partial charge in [0.05, 0.1) is 6.20 Å². The molecule has 0 spiro atoms. The smallest absolute Gasteiger partial charge is 0.274 e. The van der Waals surface area contributed by atoms with Crippen molar-refractivity contribution in [1.82, 2.24) is 14.9 Å². The number of hydrogen-bond donors (Lipinski definition) is 2. The van der Waals surface area contributed by atoms with E-state index in [0.29, 0.717) is 34.3 Å². The highest BCUT2D eigenvalue weighted by molar-refractivity contribution is 7.98. The molecule has 3 rings (SSSR count). The fraction of sp³-hybridized carbons (Fsp3) is 0.190. The number of aryl methyl sites for hydroxylation is 1. The maximum atomic E-state index is 13.3. The van der Waals surface area contributed by atoms with Crippen LogP contribution in [0.5, 0.6) is 0 Å². The molecule has 0 saturated heterocycles. The van der Waals surface area contributed by atoms with Gasteiger partial charge in [-0.2, -0.15) is 0 Å². The molecule has 0 aliphatic rings. The summed E-state index contributed by atoms with van der Waals surface area (Å²) in [5.41, 5.74) is 2.76. The molecule has 8 heteroatoms. The molecule has 0 fully saturated rings. The van der Waals surface area contributed by atoms with Crippen LogP contribution in [0.2, 0.25) is 0 Å². The number of benzene rings is 2. The molecule has 0 aliphatic carbocycles. The number of nitrogens with zero attached hydrogens (tertiary/aromatic N) is 2. The highest BCUT2D eigenvalue weighted by Crippen LogP contribution is 2.24. The van der Waals surface area contributed by atoms with Crippen LogP contribution < -0.4 is 10.6 Å². The normalized spacial score (nSPS) is 10.6. The Bertz CT molecular complexity index is 1050. The maximum Gasteiger partial charge on any atom is 0.274 e. The van der Waals surface area contributed by atoms with Gasteiger partial charge in [-0.15, -0.1) is 0 Å². The largest absolute Gasteiger partial charge is 0.352 e. The van der Waals surface area contributed by atoms with Gasteiger partial charge >= 0.3 is 0 Å². The summed E-state index contributed by atoms with van der Waals surface area (Å²) in [7, 11) is 0. The van der Waals surface area contributed by atoms with Gasteiger partial charge in [-0.25, -0.2) is 9.37 Å². The summed E-state index contributed by atoms with van der Waals surface area (Å²) < 4.78 is 15.0. The van der Waals surface area contributed by atoms with Gasteiger partial charge in [0.15, 0.2) is 5.16 Å². The van der Waals surface area contributed by atoms with E-state index in [1.165, 1.54) is 30.1 Å². The average Bonchev–Trinajstić information content (AvgIpc) is 3.14. The molecule has 6 nitrogen and oxygen atoms in total. The van der Waals surface area contributed by atoms with Crippen LogP contribution in [0.3, 0.4) is 0 Å². The molecule has 0 bridgehead atoms. The van der Waals surface area contributed by atoms with Gasteiger partial charge in [0.2, 0.25) is 0 Å². The number of carbonyl (C=O) groups excluding carboxylic acids is 2. The molecule has 1 aromatic heterocycles. The molecule has 3 aromatic rings. The van der Waals surface area contributed by atoms with Crippen molar-refractivity contribution in [2.75, 3.05) is 18.1 Å². The first-order valence-corrected chi connectivity index (χ1v) is 10.2. The predicted molar refractivity (Wildman–Crippen MR) is 112 cm³/mol. The van der Waals surface area contributed by atoms with Crippen molar-refractivity contribution in [3.05, 3.63) is 71.3 Å². The number of anilines is 1. The number of halogens is 1. The van der Waals surface area contributed by atoms with Gasteiger partial charge in [0, 0.05) is 23.5 Å². The summed E-state index contributed by atoms with van der Waals surface area (Å²) in [5, 5.41) is 6.21. The molecule has 0 unspecified atom stereocenters. The zero-order chi connectivity index (χ0) is 21.0. The molecule has 0 aliphatic heterocycles. The fourth-order valence-electron chi connectivity index (χ4n) is 2.83. The summed E-state index contributed by atoms with van der Waals surface area (Å²) in [4.78, 5) is 29.4. The lowest BCUT2D eigenvalue weighted by atomic mass is 10.1. The zero-order valence-electron chi connectivity index (χ0n) is 16.3. The highest BCUT2D eigenvalue weighted by atomic mass is 32.2. The summed E-state index contributed by atoms with van der Waals surface area (Å²) in [6, 6.07) is 11.0. The van der Waals surface area contributed by atoms with Crippen molar-refractivity contribution in [1.29, 1.82) is 0 Å². The van der Waals surface area contributed by atoms with E-state index in [0.717, 1.165) is 5.56 Å². The second kappa shape index (κ2) is 8.91. The number of amides is 2. The quantitative estimate of drug-likeness (QED) is 0.599.